The molecule has 0 spiro atoms. The predicted molar refractivity (Wildman–Crippen MR) is 150 cm³/mol. The van der Waals surface area contributed by atoms with Gasteiger partial charge in [0.25, 0.3) is 12.0 Å². The second kappa shape index (κ2) is 12.7. The molecule has 1 fully saturated rings. The van der Waals surface area contributed by atoms with Crippen LogP contribution in [0.15, 0.2) is 64.3 Å². The molecule has 1 saturated heterocycles. The molecule has 0 bridgehead atoms. The van der Waals surface area contributed by atoms with Gasteiger partial charge in [0.15, 0.2) is 18.0 Å². The molecule has 3 aromatic rings. The molecule has 1 aromatic heterocycles. The lowest BCUT2D eigenvalue weighted by Gasteiger charge is -2.33. The molecule has 3 N–H and O–H groups in total. The van der Waals surface area contributed by atoms with Crippen molar-refractivity contribution in [3.63, 3.8) is 0 Å². The molecule has 0 radical (unpaired) electrons. The summed E-state index contributed by atoms with van der Waals surface area (Å²) in [5.74, 6) is -0.539. The van der Waals surface area contributed by atoms with E-state index in [1.54, 1.807) is 56.3 Å². The van der Waals surface area contributed by atoms with Crippen molar-refractivity contribution in [2.75, 3.05) is 6.61 Å². The summed E-state index contributed by atoms with van der Waals surface area (Å²) in [6, 6.07) is 11.8. The number of aliphatic hydroxyl groups is 1. The van der Waals surface area contributed by atoms with Crippen LogP contribution in [-0.4, -0.2) is 63.7 Å². The number of carbonyl (C=O) groups excluding carboxylic acids is 1. The highest BCUT2D eigenvalue weighted by atomic mass is 32.5. The van der Waals surface area contributed by atoms with Crippen LogP contribution in [0, 0.1) is 0 Å². The van der Waals surface area contributed by atoms with Gasteiger partial charge in [-0.25, -0.2) is 23.1 Å². The zero-order chi connectivity index (χ0) is 30.8. The van der Waals surface area contributed by atoms with Crippen LogP contribution in [0.3, 0.4) is 0 Å². The minimum atomic E-state index is -3.98. The second-order valence-electron chi connectivity index (χ2n) is 9.85. The fraction of sp³-hybridized carbons (Fsp3) is 0.423. The average Bonchev–Trinajstić information content (AvgIpc) is 3.18. The maximum atomic E-state index is 15.5. The van der Waals surface area contributed by atoms with Gasteiger partial charge in [0, 0.05) is 17.6 Å². The summed E-state index contributed by atoms with van der Waals surface area (Å²) >= 11 is 5.62. The number of ether oxygens (including phenoxy) is 2. The van der Waals surface area contributed by atoms with Gasteiger partial charge in [-0.15, -0.1) is 0 Å². The number of H-pyrrole nitrogens is 1. The van der Waals surface area contributed by atoms with E-state index in [9.17, 15) is 28.3 Å². The average molecular weight is 632 g/mol. The number of halogens is 3. The first-order chi connectivity index (χ1) is 19.8. The van der Waals surface area contributed by atoms with E-state index in [0.717, 1.165) is 17.6 Å². The zero-order valence-electron chi connectivity index (χ0n) is 22.6. The Morgan fingerprint density at radius 3 is 2.55 bits per heavy atom. The molecule has 0 amide bonds. The Balaban J connectivity index is 1.68. The summed E-state index contributed by atoms with van der Waals surface area (Å²) < 4.78 is 67.4. The molecule has 1 aliphatic heterocycles. The van der Waals surface area contributed by atoms with Crippen LogP contribution < -0.4 is 20.9 Å². The minimum absolute atomic E-state index is 0.196. The lowest BCUT2D eigenvalue weighted by atomic mass is 9.98. The second-order valence-corrected chi connectivity index (χ2v) is 13.0. The van der Waals surface area contributed by atoms with Crippen molar-refractivity contribution in [1.82, 2.24) is 14.6 Å². The Bertz CT molecular complexity index is 1600. The van der Waals surface area contributed by atoms with Gasteiger partial charge < -0.3 is 23.6 Å². The number of alkyl halides is 3. The summed E-state index contributed by atoms with van der Waals surface area (Å²) in [5, 5.41) is 14.6. The zero-order valence-corrected chi connectivity index (χ0v) is 24.3. The van der Waals surface area contributed by atoms with Gasteiger partial charge in [-0.3, -0.25) is 19.1 Å². The molecule has 0 saturated carbocycles. The van der Waals surface area contributed by atoms with Crippen molar-refractivity contribution in [2.24, 2.45) is 0 Å². The maximum Gasteiger partial charge on any atom is 0.330 e. The van der Waals surface area contributed by atoms with Crippen molar-refractivity contribution < 1.29 is 41.6 Å². The van der Waals surface area contributed by atoms with Crippen molar-refractivity contribution >= 4 is 35.2 Å². The molecule has 0 aliphatic carbocycles. The Labute approximate surface area is 242 Å². The highest BCUT2D eigenvalue weighted by Gasteiger charge is 2.62. The number of rotatable bonds is 11. The van der Waals surface area contributed by atoms with Crippen LogP contribution in [-0.2, 0) is 30.6 Å². The number of aromatic nitrogens is 2. The smallest absolute Gasteiger partial charge is 0.330 e. The van der Waals surface area contributed by atoms with Crippen LogP contribution in [0.4, 0.5) is 13.2 Å². The normalized spacial score (nSPS) is 24.5. The first-order valence-corrected chi connectivity index (χ1v) is 15.4. The quantitative estimate of drug-likeness (QED) is 0.214. The summed E-state index contributed by atoms with van der Waals surface area (Å²) in [5.41, 5.74) is -5.03. The fourth-order valence-corrected chi connectivity index (χ4v) is 6.72. The Morgan fingerprint density at radius 1 is 1.19 bits per heavy atom. The van der Waals surface area contributed by atoms with Crippen LogP contribution in [0.1, 0.15) is 27.0 Å². The van der Waals surface area contributed by atoms with Gasteiger partial charge in [-0.05, 0) is 44.0 Å². The number of aliphatic hydroxyl groups excluding tert-OH is 1. The van der Waals surface area contributed by atoms with E-state index < -0.39 is 73.1 Å². The molecule has 2 heterocycles. The molecular formula is C26H29F3N3O8PS. The third-order valence-corrected chi connectivity index (χ3v) is 8.84. The van der Waals surface area contributed by atoms with Gasteiger partial charge in [-0.2, -0.15) is 0 Å². The third-order valence-electron chi connectivity index (χ3n) is 6.38. The van der Waals surface area contributed by atoms with Gasteiger partial charge in [0.1, 0.15) is 17.9 Å². The molecule has 1 unspecified atom stereocenters. The van der Waals surface area contributed by atoms with Crippen molar-refractivity contribution in [2.45, 2.75) is 63.4 Å². The molecule has 42 heavy (non-hydrogen) atoms. The summed E-state index contributed by atoms with van der Waals surface area (Å²) in [6.07, 6.45) is -10.2. The number of nitrogens with one attached hydrogen (secondary N) is 2. The van der Waals surface area contributed by atoms with Crippen LogP contribution in [0.25, 0.3) is 10.8 Å². The van der Waals surface area contributed by atoms with E-state index in [2.05, 4.69) is 5.09 Å². The largest absolute Gasteiger partial charge is 0.462 e. The van der Waals surface area contributed by atoms with E-state index in [-0.39, 0.29) is 5.75 Å². The number of carbonyl (C=O) groups is 1. The van der Waals surface area contributed by atoms with E-state index in [4.69, 9.17) is 30.3 Å². The van der Waals surface area contributed by atoms with Crippen molar-refractivity contribution in [1.29, 1.82) is 0 Å². The maximum absolute atomic E-state index is 15.5. The number of esters is 1. The van der Waals surface area contributed by atoms with E-state index >= 15 is 4.39 Å². The van der Waals surface area contributed by atoms with Gasteiger partial charge in [-0.1, -0.05) is 36.4 Å². The third kappa shape index (κ3) is 6.61. The standard InChI is InChI=1S/C26H29F3N3O8PS/c1-14(2)38-23(35)15(3)31-41(42,40-18-10-6-8-16-7-4-5-9-17(16)18)37-13-26(24(28)29)21(27)20(34)22(39-26)32-12-11-19(33)30-25(32)36/h4-12,14-15,20-22,24,34H,13H2,1-3H3,(H,31,42)(H,30,33,36)/t15-,20+,21+,22+,26+,41?/m0/s1. The van der Waals surface area contributed by atoms with Crippen LogP contribution in [0.5, 0.6) is 5.75 Å². The summed E-state index contributed by atoms with van der Waals surface area (Å²) in [4.78, 5) is 38.1. The Kier molecular flexibility index (Phi) is 9.60. The molecule has 4 rings (SSSR count). The first-order valence-electron chi connectivity index (χ1n) is 12.8. The van der Waals surface area contributed by atoms with Crippen LogP contribution >= 0.6 is 6.64 Å². The predicted octanol–water partition coefficient (Wildman–Crippen LogP) is 3.17. The van der Waals surface area contributed by atoms with E-state index in [1.165, 1.54) is 6.92 Å². The lowest BCUT2D eigenvalue weighted by molar-refractivity contribution is -0.182. The van der Waals surface area contributed by atoms with Gasteiger partial charge in [0.2, 0.25) is 0 Å². The van der Waals surface area contributed by atoms with Gasteiger partial charge >= 0.3 is 18.3 Å². The molecule has 2 aromatic carbocycles. The minimum Gasteiger partial charge on any atom is -0.462 e. The van der Waals surface area contributed by atoms with Crippen LogP contribution in [0.2, 0.25) is 0 Å². The topological polar surface area (TPSA) is 141 Å². The first kappa shape index (κ1) is 31.9. The lowest BCUT2D eigenvalue weighted by Crippen LogP contribution is -2.51. The number of fused-ring (bicyclic) bond motifs is 1. The molecule has 6 atom stereocenters. The molecule has 228 valence electrons. The Hall–Kier alpha value is -3.07. The SMILES string of the molecule is CC(C)OC(=O)[C@H](C)NP(=S)(OC[C@@]1(C(F)F)O[C@@H](n2ccc(=O)[nH]c2=O)[C@H](O)[C@H]1F)Oc1cccc2ccccc12. The number of hydrogen-bond acceptors (Lipinski definition) is 9. The number of aromatic amines is 1. The van der Waals surface area contributed by atoms with Crippen molar-refractivity contribution in [3.05, 3.63) is 75.6 Å². The summed E-state index contributed by atoms with van der Waals surface area (Å²) in [7, 11) is 0. The molecule has 16 heteroatoms. The number of hydrogen-bond donors (Lipinski definition) is 3. The Morgan fingerprint density at radius 2 is 1.88 bits per heavy atom. The molecule has 11 nitrogen and oxygen atoms in total. The highest BCUT2D eigenvalue weighted by Crippen LogP contribution is 2.51. The monoisotopic (exact) mass is 631 g/mol. The van der Waals surface area contributed by atoms with E-state index in [1.807, 2.05) is 4.98 Å². The number of benzene rings is 2. The number of nitrogens with zero attached hydrogens (tertiary/aromatic N) is 1. The molecular weight excluding hydrogens is 602 g/mol. The fourth-order valence-electron chi connectivity index (χ4n) is 4.30. The molecule has 1 aliphatic rings. The van der Waals surface area contributed by atoms with E-state index in [0.29, 0.717) is 9.95 Å². The highest BCUT2D eigenvalue weighted by molar-refractivity contribution is 8.09. The summed E-state index contributed by atoms with van der Waals surface area (Å²) in [6.45, 7) is -0.576. The van der Waals surface area contributed by atoms with Crippen molar-refractivity contribution in [3.8, 4) is 5.75 Å². The van der Waals surface area contributed by atoms with Gasteiger partial charge in [0.05, 0.1) is 12.7 Å².